The second-order valence-corrected chi connectivity index (χ2v) is 18.7. The Morgan fingerprint density at radius 2 is 0.478 bits per heavy atom. The zero-order valence-corrected chi connectivity index (χ0v) is 37.9. The summed E-state index contributed by atoms with van der Waals surface area (Å²) in [7, 11) is 0. The second-order valence-electron chi connectivity index (χ2n) is 18.7. The number of hydrogen-bond donors (Lipinski definition) is 0. The molecule has 0 N–H and O–H groups in total. The van der Waals surface area contributed by atoms with E-state index in [-0.39, 0.29) is 0 Å². The molecule has 0 aliphatic heterocycles. The Hall–Kier alpha value is -8.78. The summed E-state index contributed by atoms with van der Waals surface area (Å²) in [5.41, 5.74) is 17.7. The van der Waals surface area contributed by atoms with Crippen molar-refractivity contribution in [1.82, 2.24) is 0 Å². The second kappa shape index (κ2) is 15.4. The maximum absolute atomic E-state index is 2.45. The average molecular weight is 876 g/mol. The number of nitrogens with zero attached hydrogens (tertiary/aromatic N) is 1. The van der Waals surface area contributed by atoms with Gasteiger partial charge in [-0.3, -0.25) is 0 Å². The van der Waals surface area contributed by atoms with Gasteiger partial charge in [0.25, 0.3) is 0 Å². The van der Waals surface area contributed by atoms with Crippen LogP contribution in [0.15, 0.2) is 273 Å². The topological polar surface area (TPSA) is 3.24 Å². The van der Waals surface area contributed by atoms with Crippen molar-refractivity contribution in [3.63, 3.8) is 0 Å². The van der Waals surface area contributed by atoms with Crippen LogP contribution in [0.1, 0.15) is 44.5 Å². The number of rotatable bonds is 7. The summed E-state index contributed by atoms with van der Waals surface area (Å²) in [5, 5.41) is 7.57. The van der Waals surface area contributed by atoms with Crippen LogP contribution in [0.3, 0.4) is 0 Å². The lowest BCUT2D eigenvalue weighted by Gasteiger charge is -2.35. The smallest absolute Gasteiger partial charge is 0.0713 e. The lowest BCUT2D eigenvalue weighted by atomic mass is 9.67. The molecule has 0 saturated heterocycles. The monoisotopic (exact) mass is 875 g/mol. The summed E-state index contributed by atoms with van der Waals surface area (Å²) in [5.74, 6) is 0. The van der Waals surface area contributed by atoms with Crippen molar-refractivity contribution in [2.45, 2.75) is 10.8 Å². The molecular weight excluding hydrogens is 831 g/mol. The van der Waals surface area contributed by atoms with Gasteiger partial charge in [0.15, 0.2) is 0 Å². The minimum absolute atomic E-state index is 0.484. The molecule has 12 aromatic carbocycles. The number of hydrogen-bond acceptors (Lipinski definition) is 1. The van der Waals surface area contributed by atoms with Crippen molar-refractivity contribution in [3.8, 4) is 22.3 Å². The van der Waals surface area contributed by atoms with Crippen molar-refractivity contribution in [2.24, 2.45) is 0 Å². The van der Waals surface area contributed by atoms with Gasteiger partial charge in [-0.1, -0.05) is 237 Å². The molecule has 14 rings (SSSR count). The molecule has 0 bridgehead atoms. The Balaban J connectivity index is 0.986. The summed E-state index contributed by atoms with van der Waals surface area (Å²) in [6.07, 6.45) is 0. The first-order chi connectivity index (χ1) is 34.2. The van der Waals surface area contributed by atoms with Gasteiger partial charge in [-0.2, -0.15) is 0 Å². The lowest BCUT2D eigenvalue weighted by Crippen LogP contribution is -2.28. The maximum Gasteiger partial charge on any atom is 0.0713 e. The Morgan fingerprint density at radius 1 is 0.203 bits per heavy atom. The van der Waals surface area contributed by atoms with E-state index in [2.05, 4.69) is 278 Å². The van der Waals surface area contributed by atoms with E-state index in [1.165, 1.54) is 99.1 Å². The molecule has 2 aliphatic carbocycles. The quantitative estimate of drug-likeness (QED) is 0.144. The fraction of sp³-hybridized carbons (Fsp3) is 0.0294. The summed E-state index contributed by atoms with van der Waals surface area (Å²) >= 11 is 0. The highest BCUT2D eigenvalue weighted by atomic mass is 15.1. The maximum atomic E-state index is 2.45. The molecule has 0 atom stereocenters. The van der Waals surface area contributed by atoms with E-state index in [1.54, 1.807) is 0 Å². The normalized spacial score (nSPS) is 13.7. The van der Waals surface area contributed by atoms with Gasteiger partial charge >= 0.3 is 0 Å². The number of fused-ring (bicyclic) bond motifs is 12. The first kappa shape index (κ1) is 39.4. The number of benzene rings is 12. The summed E-state index contributed by atoms with van der Waals surface area (Å²) in [4.78, 5) is 2.45. The molecule has 1 heteroatoms. The zero-order chi connectivity index (χ0) is 45.5. The molecular formula is C68H45N. The highest BCUT2D eigenvalue weighted by Crippen LogP contribution is 2.58. The molecule has 322 valence electrons. The van der Waals surface area contributed by atoms with Gasteiger partial charge in [0.2, 0.25) is 0 Å². The Kier molecular flexibility index (Phi) is 8.78. The zero-order valence-electron chi connectivity index (χ0n) is 37.9. The third-order valence-electron chi connectivity index (χ3n) is 15.4. The van der Waals surface area contributed by atoms with E-state index < -0.39 is 10.8 Å². The fourth-order valence-corrected chi connectivity index (χ4v) is 12.6. The molecule has 0 spiro atoms. The standard InChI is InChI=1S/C68H45N/c1-3-19-46(20-4-1)67(63-31-15-11-27-58(63)59-28-12-16-32-64(59)67)48-35-39-50(40-36-48)69(52-43-44-57-55-25-8-7-23-53(55)54-24-9-10-26-56(54)62(57)45-52)51-41-37-49(38-42-51)68(47-21-5-2-6-22-47)65-33-17-13-29-60(65)61-30-14-18-34-66(61)68/h1-45H. The van der Waals surface area contributed by atoms with Gasteiger partial charge in [0, 0.05) is 17.1 Å². The average Bonchev–Trinajstić information content (AvgIpc) is 3.91. The molecule has 12 aromatic rings. The van der Waals surface area contributed by atoms with Crippen LogP contribution in [0.25, 0.3) is 54.6 Å². The van der Waals surface area contributed by atoms with E-state index in [0.717, 1.165) is 17.1 Å². The molecule has 0 saturated carbocycles. The Morgan fingerprint density at radius 3 is 0.855 bits per heavy atom. The molecule has 0 heterocycles. The lowest BCUT2D eigenvalue weighted by molar-refractivity contribution is 0.768. The van der Waals surface area contributed by atoms with Crippen LogP contribution >= 0.6 is 0 Å². The fourth-order valence-electron chi connectivity index (χ4n) is 12.6. The molecule has 0 aromatic heterocycles. The van der Waals surface area contributed by atoms with Gasteiger partial charge in [0.1, 0.15) is 0 Å². The Bertz CT molecular complexity index is 3630. The van der Waals surface area contributed by atoms with Crippen molar-refractivity contribution in [3.05, 3.63) is 317 Å². The summed E-state index contributed by atoms with van der Waals surface area (Å²) in [6.45, 7) is 0. The van der Waals surface area contributed by atoms with Gasteiger partial charge in [0.05, 0.1) is 10.8 Å². The van der Waals surface area contributed by atoms with Gasteiger partial charge in [-0.25, -0.2) is 0 Å². The third-order valence-corrected chi connectivity index (χ3v) is 15.4. The van der Waals surface area contributed by atoms with E-state index in [1.807, 2.05) is 0 Å². The molecule has 0 unspecified atom stereocenters. The van der Waals surface area contributed by atoms with Gasteiger partial charge in [-0.15, -0.1) is 0 Å². The van der Waals surface area contributed by atoms with Crippen LogP contribution in [0.4, 0.5) is 17.1 Å². The van der Waals surface area contributed by atoms with Crippen LogP contribution in [-0.4, -0.2) is 0 Å². The van der Waals surface area contributed by atoms with Gasteiger partial charge < -0.3 is 4.90 Å². The molecule has 69 heavy (non-hydrogen) atoms. The van der Waals surface area contributed by atoms with Gasteiger partial charge in [-0.05, 0) is 135 Å². The Labute approximate surface area is 402 Å². The van der Waals surface area contributed by atoms with Crippen LogP contribution in [-0.2, 0) is 10.8 Å². The largest absolute Gasteiger partial charge is 0.310 e. The highest BCUT2D eigenvalue weighted by Gasteiger charge is 2.47. The minimum Gasteiger partial charge on any atom is -0.310 e. The predicted molar refractivity (Wildman–Crippen MR) is 288 cm³/mol. The SMILES string of the molecule is c1ccc(C2(c3ccc(N(c4ccc(C5(c6ccccc6)c6ccccc6-c6ccccc65)cc4)c4ccc5c6ccccc6c6ccccc6c5c4)cc3)c3ccccc3-c3ccccc32)cc1. The van der Waals surface area contributed by atoms with Crippen LogP contribution < -0.4 is 4.90 Å². The summed E-state index contributed by atoms with van der Waals surface area (Å²) < 4.78 is 0. The molecule has 1 nitrogen and oxygen atoms in total. The first-order valence-corrected chi connectivity index (χ1v) is 24.1. The van der Waals surface area contributed by atoms with Crippen LogP contribution in [0, 0.1) is 0 Å². The molecule has 0 fully saturated rings. The predicted octanol–water partition coefficient (Wildman–Crippen LogP) is 17.3. The third kappa shape index (κ3) is 5.59. The van der Waals surface area contributed by atoms with Crippen LogP contribution in [0.5, 0.6) is 0 Å². The molecule has 0 amide bonds. The van der Waals surface area contributed by atoms with E-state index >= 15 is 0 Å². The van der Waals surface area contributed by atoms with E-state index in [0.29, 0.717) is 0 Å². The van der Waals surface area contributed by atoms with Crippen molar-refractivity contribution < 1.29 is 0 Å². The van der Waals surface area contributed by atoms with Crippen molar-refractivity contribution in [1.29, 1.82) is 0 Å². The number of anilines is 3. The summed E-state index contributed by atoms with van der Waals surface area (Å²) in [6, 6.07) is 102. The van der Waals surface area contributed by atoms with E-state index in [9.17, 15) is 0 Å². The first-order valence-electron chi connectivity index (χ1n) is 24.1. The van der Waals surface area contributed by atoms with Crippen molar-refractivity contribution in [2.75, 3.05) is 4.90 Å². The molecule has 2 aliphatic rings. The minimum atomic E-state index is -0.484. The highest BCUT2D eigenvalue weighted by molar-refractivity contribution is 6.25. The molecule has 0 radical (unpaired) electrons. The van der Waals surface area contributed by atoms with Crippen LogP contribution in [0.2, 0.25) is 0 Å². The van der Waals surface area contributed by atoms with Crippen molar-refractivity contribution >= 4 is 49.4 Å². The van der Waals surface area contributed by atoms with E-state index in [4.69, 9.17) is 0 Å².